The zero-order chi connectivity index (χ0) is 15.2. The lowest BCUT2D eigenvalue weighted by molar-refractivity contribution is -0.385. The van der Waals surface area contributed by atoms with E-state index >= 15 is 0 Å². The second kappa shape index (κ2) is 7.24. The van der Waals surface area contributed by atoms with Crippen molar-refractivity contribution in [2.45, 2.75) is 6.42 Å². The number of halogens is 1. The summed E-state index contributed by atoms with van der Waals surface area (Å²) in [6, 6.07) is 4.64. The molecule has 0 radical (unpaired) electrons. The van der Waals surface area contributed by atoms with Crippen LogP contribution in [0.25, 0.3) is 0 Å². The van der Waals surface area contributed by atoms with Gasteiger partial charge in [-0.15, -0.1) is 0 Å². The van der Waals surface area contributed by atoms with E-state index in [1.165, 1.54) is 6.07 Å². The number of nitro benzene ring substituents is 1. The third-order valence-electron chi connectivity index (χ3n) is 3.23. The van der Waals surface area contributed by atoms with Crippen LogP contribution < -0.4 is 5.73 Å². The van der Waals surface area contributed by atoms with E-state index in [4.69, 9.17) is 22.1 Å². The van der Waals surface area contributed by atoms with Crippen molar-refractivity contribution in [1.82, 2.24) is 4.90 Å². The summed E-state index contributed by atoms with van der Waals surface area (Å²) in [5.74, 6) is 0.454. The molecule has 0 saturated carbocycles. The molecule has 1 saturated heterocycles. The predicted molar refractivity (Wildman–Crippen MR) is 80.7 cm³/mol. The van der Waals surface area contributed by atoms with Crippen molar-refractivity contribution in [2.24, 2.45) is 10.7 Å². The predicted octanol–water partition coefficient (Wildman–Crippen LogP) is 1.44. The fourth-order valence-corrected chi connectivity index (χ4v) is 2.27. The molecule has 0 unspecified atom stereocenters. The first kappa shape index (κ1) is 15.5. The Labute approximate surface area is 127 Å². The highest BCUT2D eigenvalue weighted by molar-refractivity contribution is 6.30. The van der Waals surface area contributed by atoms with Gasteiger partial charge in [-0.25, -0.2) is 0 Å². The Morgan fingerprint density at radius 2 is 2.19 bits per heavy atom. The highest BCUT2D eigenvalue weighted by Gasteiger charge is 2.15. The maximum atomic E-state index is 11.0. The first-order valence-corrected chi connectivity index (χ1v) is 7.01. The van der Waals surface area contributed by atoms with Gasteiger partial charge in [-0.05, 0) is 12.5 Å². The monoisotopic (exact) mass is 312 g/mol. The Morgan fingerprint density at radius 1 is 1.48 bits per heavy atom. The minimum absolute atomic E-state index is 0.0163. The molecule has 2 rings (SSSR count). The van der Waals surface area contributed by atoms with Crippen molar-refractivity contribution < 1.29 is 9.66 Å². The number of hydrogen-bond donors (Lipinski definition) is 1. The van der Waals surface area contributed by atoms with Gasteiger partial charge in [0.2, 0.25) is 0 Å². The average Bonchev–Trinajstić information content (AvgIpc) is 2.49. The summed E-state index contributed by atoms with van der Waals surface area (Å²) in [4.78, 5) is 16.8. The Hall–Kier alpha value is -1.86. The van der Waals surface area contributed by atoms with Gasteiger partial charge in [-0.1, -0.05) is 17.7 Å². The molecular weight excluding hydrogens is 296 g/mol. The summed E-state index contributed by atoms with van der Waals surface area (Å²) >= 11 is 5.78. The molecule has 1 heterocycles. The largest absolute Gasteiger partial charge is 0.378 e. The number of benzene rings is 1. The van der Waals surface area contributed by atoms with E-state index in [0.717, 1.165) is 13.1 Å². The number of nitrogens with two attached hydrogens (primary N) is 1. The van der Waals surface area contributed by atoms with Gasteiger partial charge in [-0.2, -0.15) is 0 Å². The van der Waals surface area contributed by atoms with Crippen molar-refractivity contribution in [1.29, 1.82) is 0 Å². The van der Waals surface area contributed by atoms with Crippen LogP contribution in [-0.4, -0.2) is 48.6 Å². The highest BCUT2D eigenvalue weighted by Crippen LogP contribution is 2.23. The van der Waals surface area contributed by atoms with Crippen molar-refractivity contribution >= 4 is 23.2 Å². The molecule has 0 bridgehead atoms. The van der Waals surface area contributed by atoms with Gasteiger partial charge in [0, 0.05) is 36.3 Å². The topological polar surface area (TPSA) is 94.0 Å². The van der Waals surface area contributed by atoms with Crippen LogP contribution in [0, 0.1) is 10.1 Å². The normalized spacial score (nSPS) is 16.0. The molecule has 1 fully saturated rings. The molecule has 2 N–H and O–H groups in total. The molecule has 0 aliphatic carbocycles. The molecule has 0 spiro atoms. The average molecular weight is 313 g/mol. The van der Waals surface area contributed by atoms with Crippen LogP contribution in [0.4, 0.5) is 5.69 Å². The fraction of sp³-hybridized carbons (Fsp3) is 0.462. The lowest BCUT2D eigenvalue weighted by Gasteiger charge is -2.27. The molecule has 1 aromatic rings. The number of nitrogens with zero attached hydrogens (tertiary/aromatic N) is 3. The third kappa shape index (κ3) is 4.30. The van der Waals surface area contributed by atoms with Crippen LogP contribution in [0.3, 0.4) is 0 Å². The lowest BCUT2D eigenvalue weighted by Crippen LogP contribution is -2.44. The van der Waals surface area contributed by atoms with E-state index in [0.29, 0.717) is 42.7 Å². The highest BCUT2D eigenvalue weighted by atomic mass is 35.5. The van der Waals surface area contributed by atoms with Crippen LogP contribution >= 0.6 is 11.6 Å². The lowest BCUT2D eigenvalue weighted by atomic mass is 10.1. The summed E-state index contributed by atoms with van der Waals surface area (Å²) < 4.78 is 5.24. The Morgan fingerprint density at radius 3 is 2.86 bits per heavy atom. The van der Waals surface area contributed by atoms with Crippen LogP contribution in [-0.2, 0) is 11.2 Å². The van der Waals surface area contributed by atoms with Crippen molar-refractivity contribution in [2.75, 3.05) is 32.8 Å². The quantitative estimate of drug-likeness (QED) is 0.393. The number of rotatable bonds is 4. The van der Waals surface area contributed by atoms with Crippen LogP contribution in [0.5, 0.6) is 0 Å². The van der Waals surface area contributed by atoms with Gasteiger partial charge in [0.05, 0.1) is 18.1 Å². The number of morpholine rings is 1. The van der Waals surface area contributed by atoms with E-state index in [-0.39, 0.29) is 5.69 Å². The van der Waals surface area contributed by atoms with Crippen LogP contribution in [0.1, 0.15) is 5.56 Å². The standard InChI is InChI=1S/C13H17ClN4O3/c14-11-2-1-10(12(9-11)18(19)20)3-4-16-13(15)17-5-7-21-8-6-17/h1-2,9H,3-8H2,(H2,15,16). The molecule has 1 aliphatic rings. The molecule has 1 aliphatic heterocycles. The SMILES string of the molecule is NC(=NCCc1ccc(Cl)cc1[N+](=O)[O-])N1CCOCC1. The maximum absolute atomic E-state index is 11.0. The zero-order valence-electron chi connectivity index (χ0n) is 11.5. The Bertz CT molecular complexity index is 544. The molecule has 0 atom stereocenters. The zero-order valence-corrected chi connectivity index (χ0v) is 12.3. The van der Waals surface area contributed by atoms with E-state index < -0.39 is 4.92 Å². The van der Waals surface area contributed by atoms with Crippen LogP contribution in [0.15, 0.2) is 23.2 Å². The molecule has 0 amide bonds. The third-order valence-corrected chi connectivity index (χ3v) is 3.47. The van der Waals surface area contributed by atoms with Gasteiger partial charge in [-0.3, -0.25) is 15.1 Å². The summed E-state index contributed by atoms with van der Waals surface area (Å²) in [6.07, 6.45) is 0.443. The number of aliphatic imine (C=N–C) groups is 1. The number of nitro groups is 1. The summed E-state index contributed by atoms with van der Waals surface area (Å²) in [6.45, 7) is 3.11. The maximum Gasteiger partial charge on any atom is 0.274 e. The fourth-order valence-electron chi connectivity index (χ4n) is 2.10. The summed E-state index contributed by atoms with van der Waals surface area (Å²) in [5.41, 5.74) is 6.52. The van der Waals surface area contributed by atoms with E-state index in [1.807, 2.05) is 4.90 Å². The molecule has 7 nitrogen and oxygen atoms in total. The molecule has 1 aromatic carbocycles. The smallest absolute Gasteiger partial charge is 0.274 e. The van der Waals surface area contributed by atoms with Gasteiger partial charge in [0.25, 0.3) is 5.69 Å². The number of guanidine groups is 1. The number of hydrogen-bond acceptors (Lipinski definition) is 4. The molecule has 8 heteroatoms. The molecular formula is C13H17ClN4O3. The first-order chi connectivity index (χ1) is 10.1. The second-order valence-corrected chi connectivity index (χ2v) is 5.06. The van der Waals surface area contributed by atoms with E-state index in [9.17, 15) is 10.1 Å². The second-order valence-electron chi connectivity index (χ2n) is 4.62. The van der Waals surface area contributed by atoms with Crippen LogP contribution in [0.2, 0.25) is 5.02 Å². The molecule has 0 aromatic heterocycles. The van der Waals surface area contributed by atoms with Gasteiger partial charge < -0.3 is 15.4 Å². The Kier molecular flexibility index (Phi) is 5.35. The van der Waals surface area contributed by atoms with Gasteiger partial charge >= 0.3 is 0 Å². The minimum atomic E-state index is -0.434. The Balaban J connectivity index is 1.98. The van der Waals surface area contributed by atoms with Crippen molar-refractivity contribution in [3.05, 3.63) is 38.9 Å². The van der Waals surface area contributed by atoms with E-state index in [2.05, 4.69) is 4.99 Å². The molecule has 114 valence electrons. The minimum Gasteiger partial charge on any atom is -0.378 e. The molecule has 21 heavy (non-hydrogen) atoms. The van der Waals surface area contributed by atoms with Gasteiger partial charge in [0.1, 0.15) is 0 Å². The van der Waals surface area contributed by atoms with E-state index in [1.54, 1.807) is 12.1 Å². The van der Waals surface area contributed by atoms with Gasteiger partial charge in [0.15, 0.2) is 5.96 Å². The number of ether oxygens (including phenoxy) is 1. The van der Waals surface area contributed by atoms with Crippen molar-refractivity contribution in [3.63, 3.8) is 0 Å². The summed E-state index contributed by atoms with van der Waals surface area (Å²) in [5, 5.41) is 11.3. The first-order valence-electron chi connectivity index (χ1n) is 6.63. The van der Waals surface area contributed by atoms with Crippen molar-refractivity contribution in [3.8, 4) is 0 Å². The summed E-state index contributed by atoms with van der Waals surface area (Å²) in [7, 11) is 0.